The molecular formula is C22H29NO5. The number of benzene rings is 1. The van der Waals surface area contributed by atoms with E-state index in [0.29, 0.717) is 35.4 Å². The Hall–Kier alpha value is -2.34. The zero-order chi connectivity index (χ0) is 20.3. The summed E-state index contributed by atoms with van der Waals surface area (Å²) in [7, 11) is 1.38. The second kappa shape index (κ2) is 8.78. The third kappa shape index (κ3) is 3.65. The first-order valence-corrected chi connectivity index (χ1v) is 10.1. The molecule has 1 fully saturated rings. The molecular weight excluding hydrogens is 358 g/mol. The van der Waals surface area contributed by atoms with Crippen LogP contribution in [0.2, 0.25) is 0 Å². The average molecular weight is 387 g/mol. The van der Waals surface area contributed by atoms with E-state index in [4.69, 9.17) is 13.9 Å². The maximum absolute atomic E-state index is 12.7. The summed E-state index contributed by atoms with van der Waals surface area (Å²) in [6.45, 7) is 8.24. The van der Waals surface area contributed by atoms with Crippen LogP contribution in [0.15, 0.2) is 16.5 Å². The quantitative estimate of drug-likeness (QED) is 0.519. The monoisotopic (exact) mass is 387 g/mol. The maximum Gasteiger partial charge on any atom is 0.338 e. The van der Waals surface area contributed by atoms with Crippen molar-refractivity contribution in [3.8, 4) is 0 Å². The molecule has 0 N–H and O–H groups in total. The number of ether oxygens (including phenoxy) is 2. The Balaban J connectivity index is 2.23. The lowest BCUT2D eigenvalue weighted by Gasteiger charge is -2.36. The summed E-state index contributed by atoms with van der Waals surface area (Å²) in [4.78, 5) is 27.2. The van der Waals surface area contributed by atoms with Crippen molar-refractivity contribution in [3.63, 3.8) is 0 Å². The maximum atomic E-state index is 12.7. The van der Waals surface area contributed by atoms with E-state index in [1.54, 1.807) is 13.0 Å². The Morgan fingerprint density at radius 1 is 1.18 bits per heavy atom. The van der Waals surface area contributed by atoms with Crippen LogP contribution in [0, 0.1) is 0 Å². The van der Waals surface area contributed by atoms with Crippen LogP contribution in [0.3, 0.4) is 0 Å². The van der Waals surface area contributed by atoms with Gasteiger partial charge in [-0.2, -0.15) is 0 Å². The number of Topliss-reactive ketones (excluding diaryl/α,β-unsaturated/α-hetero) is 1. The highest BCUT2D eigenvalue weighted by Crippen LogP contribution is 2.37. The molecule has 1 aliphatic heterocycles. The van der Waals surface area contributed by atoms with Gasteiger partial charge in [0, 0.05) is 49.4 Å². The lowest BCUT2D eigenvalue weighted by atomic mass is 9.96. The number of hydrogen-bond donors (Lipinski definition) is 0. The van der Waals surface area contributed by atoms with Crippen molar-refractivity contribution >= 4 is 28.4 Å². The van der Waals surface area contributed by atoms with E-state index in [2.05, 4.69) is 11.8 Å². The lowest BCUT2D eigenvalue weighted by molar-refractivity contribution is 0.0601. The first-order chi connectivity index (χ1) is 13.5. The Bertz CT molecular complexity index is 863. The molecule has 1 saturated heterocycles. The largest absolute Gasteiger partial charge is 0.465 e. The van der Waals surface area contributed by atoms with Gasteiger partial charge in [-0.1, -0.05) is 13.8 Å². The molecule has 6 heteroatoms. The van der Waals surface area contributed by atoms with Gasteiger partial charge < -0.3 is 18.8 Å². The minimum Gasteiger partial charge on any atom is -0.465 e. The number of carbonyl (C=O) groups excluding carboxylic acids is 2. The van der Waals surface area contributed by atoms with E-state index in [-0.39, 0.29) is 11.5 Å². The first-order valence-electron chi connectivity index (χ1n) is 10.1. The second-order valence-electron chi connectivity index (χ2n) is 7.02. The van der Waals surface area contributed by atoms with Crippen LogP contribution >= 0.6 is 0 Å². The predicted octanol–water partition coefficient (Wildman–Crippen LogP) is 4.38. The van der Waals surface area contributed by atoms with Crippen LogP contribution < -0.4 is 4.90 Å². The number of nitrogens with zero attached hydrogens (tertiary/aromatic N) is 1. The molecule has 1 aromatic heterocycles. The van der Waals surface area contributed by atoms with E-state index in [1.807, 2.05) is 13.0 Å². The van der Waals surface area contributed by atoms with Crippen molar-refractivity contribution in [2.45, 2.75) is 52.5 Å². The third-order valence-electron chi connectivity index (χ3n) is 5.53. The van der Waals surface area contributed by atoms with Crippen molar-refractivity contribution in [1.29, 1.82) is 0 Å². The fraction of sp³-hybridized carbons (Fsp3) is 0.545. The predicted molar refractivity (Wildman–Crippen MR) is 108 cm³/mol. The first kappa shape index (κ1) is 20.4. The fourth-order valence-electron chi connectivity index (χ4n) is 4.09. The molecule has 6 nitrogen and oxygen atoms in total. The molecule has 2 heterocycles. The Kier molecular flexibility index (Phi) is 6.39. The minimum absolute atomic E-state index is 0.0802. The molecule has 152 valence electrons. The summed E-state index contributed by atoms with van der Waals surface area (Å²) in [5.74, 6) is -0.192. The van der Waals surface area contributed by atoms with Crippen LogP contribution in [-0.4, -0.2) is 44.7 Å². The van der Waals surface area contributed by atoms with Gasteiger partial charge in [0.05, 0.1) is 12.7 Å². The van der Waals surface area contributed by atoms with Gasteiger partial charge in [-0.05, 0) is 37.8 Å². The molecule has 0 amide bonds. The second-order valence-corrected chi connectivity index (χ2v) is 7.02. The molecule has 0 bridgehead atoms. The zero-order valence-electron chi connectivity index (χ0n) is 17.2. The van der Waals surface area contributed by atoms with E-state index in [9.17, 15) is 9.59 Å². The van der Waals surface area contributed by atoms with Crippen LogP contribution in [0.4, 0.5) is 5.69 Å². The summed E-state index contributed by atoms with van der Waals surface area (Å²) >= 11 is 0. The number of esters is 1. The number of methoxy groups -OCH3 is 1. The average Bonchev–Trinajstić information content (AvgIpc) is 3.16. The summed E-state index contributed by atoms with van der Waals surface area (Å²) in [5.41, 5.74) is 2.97. The molecule has 0 aliphatic carbocycles. The van der Waals surface area contributed by atoms with Gasteiger partial charge in [0.1, 0.15) is 5.58 Å². The Morgan fingerprint density at radius 3 is 2.46 bits per heavy atom. The number of rotatable bonds is 7. The number of furan rings is 1. The SMILES string of the molecule is CCC(=O)c1cc2c(C(=O)OC)c(CC)c(N(CC)C3CCOCC3)cc2o1. The van der Waals surface area contributed by atoms with Gasteiger partial charge in [-0.3, -0.25) is 4.79 Å². The molecule has 0 atom stereocenters. The lowest BCUT2D eigenvalue weighted by Crippen LogP contribution is -2.40. The molecule has 0 radical (unpaired) electrons. The van der Waals surface area contributed by atoms with Crippen molar-refractivity contribution in [2.24, 2.45) is 0 Å². The topological polar surface area (TPSA) is 69.0 Å². The van der Waals surface area contributed by atoms with Crippen LogP contribution in [-0.2, 0) is 15.9 Å². The summed E-state index contributed by atoms with van der Waals surface area (Å²) in [6, 6.07) is 4.01. The minimum atomic E-state index is -0.400. The highest BCUT2D eigenvalue weighted by molar-refractivity contribution is 6.09. The Morgan fingerprint density at radius 2 is 1.89 bits per heavy atom. The van der Waals surface area contributed by atoms with Crippen LogP contribution in [0.5, 0.6) is 0 Å². The summed E-state index contributed by atoms with van der Waals surface area (Å²) in [5, 5.41) is 0.646. The van der Waals surface area contributed by atoms with E-state index in [0.717, 1.165) is 43.9 Å². The molecule has 0 saturated carbocycles. The van der Waals surface area contributed by atoms with Gasteiger partial charge in [-0.15, -0.1) is 0 Å². The van der Waals surface area contributed by atoms with Gasteiger partial charge in [-0.25, -0.2) is 4.79 Å². The zero-order valence-corrected chi connectivity index (χ0v) is 17.2. The third-order valence-corrected chi connectivity index (χ3v) is 5.53. The van der Waals surface area contributed by atoms with E-state index >= 15 is 0 Å². The molecule has 1 aliphatic rings. The van der Waals surface area contributed by atoms with Gasteiger partial charge >= 0.3 is 5.97 Å². The smallest absolute Gasteiger partial charge is 0.338 e. The number of anilines is 1. The molecule has 0 spiro atoms. The van der Waals surface area contributed by atoms with Gasteiger partial charge in [0.2, 0.25) is 0 Å². The standard InChI is InChI=1S/C22H29NO5/c1-5-15-17(23(7-3)14-8-10-27-11-9-14)13-19-16(21(15)22(25)26-4)12-20(28-19)18(24)6-2/h12-14H,5-11H2,1-4H3. The number of ketones is 1. The van der Waals surface area contributed by atoms with Gasteiger partial charge in [0.15, 0.2) is 11.5 Å². The van der Waals surface area contributed by atoms with Crippen molar-refractivity contribution in [1.82, 2.24) is 0 Å². The van der Waals surface area contributed by atoms with E-state index in [1.165, 1.54) is 7.11 Å². The Labute approximate surface area is 165 Å². The number of fused-ring (bicyclic) bond motifs is 1. The number of hydrogen-bond acceptors (Lipinski definition) is 6. The highest BCUT2D eigenvalue weighted by Gasteiger charge is 2.28. The molecule has 1 aromatic carbocycles. The molecule has 2 aromatic rings. The van der Waals surface area contributed by atoms with Crippen molar-refractivity contribution < 1.29 is 23.5 Å². The van der Waals surface area contributed by atoms with Crippen LogP contribution in [0.25, 0.3) is 11.0 Å². The molecule has 28 heavy (non-hydrogen) atoms. The van der Waals surface area contributed by atoms with Crippen molar-refractivity contribution in [3.05, 3.63) is 29.0 Å². The normalized spacial score (nSPS) is 15.0. The summed E-state index contributed by atoms with van der Waals surface area (Å²) < 4.78 is 16.5. The summed E-state index contributed by atoms with van der Waals surface area (Å²) in [6.07, 6.45) is 2.92. The van der Waals surface area contributed by atoms with Crippen LogP contribution in [0.1, 0.15) is 66.5 Å². The van der Waals surface area contributed by atoms with Crippen molar-refractivity contribution in [2.75, 3.05) is 31.8 Å². The number of carbonyl (C=O) groups is 2. The molecule has 0 unspecified atom stereocenters. The molecule has 3 rings (SSSR count). The van der Waals surface area contributed by atoms with Gasteiger partial charge in [0.25, 0.3) is 0 Å². The van der Waals surface area contributed by atoms with E-state index < -0.39 is 5.97 Å². The fourth-order valence-corrected chi connectivity index (χ4v) is 4.09. The highest BCUT2D eigenvalue weighted by atomic mass is 16.5.